The number of para-hydroxylation sites is 1. The smallest absolute Gasteiger partial charge is 0.124 e. The molecule has 0 bridgehead atoms. The molecule has 4 rings (SSSR count). The molecule has 2 heterocycles. The van der Waals surface area contributed by atoms with Gasteiger partial charge in [0.05, 0.1) is 6.10 Å². The van der Waals surface area contributed by atoms with Crippen molar-refractivity contribution in [1.82, 2.24) is 10.2 Å². The van der Waals surface area contributed by atoms with Gasteiger partial charge in [-0.05, 0) is 38.2 Å². The molecule has 1 spiro atoms. The van der Waals surface area contributed by atoms with Gasteiger partial charge in [0.2, 0.25) is 0 Å². The van der Waals surface area contributed by atoms with Crippen molar-refractivity contribution in [3.8, 4) is 5.75 Å². The van der Waals surface area contributed by atoms with Crippen LogP contribution < -0.4 is 10.1 Å². The topological polar surface area (TPSA) is 33.7 Å². The molecule has 1 N–H and O–H groups in total. The van der Waals surface area contributed by atoms with E-state index in [2.05, 4.69) is 34.5 Å². The Balaban J connectivity index is 1.33. The van der Waals surface area contributed by atoms with E-state index in [0.717, 1.165) is 38.3 Å². The van der Waals surface area contributed by atoms with Crippen molar-refractivity contribution in [3.63, 3.8) is 0 Å². The lowest BCUT2D eigenvalue weighted by atomic mass is 9.73. The largest absolute Gasteiger partial charge is 0.487 e. The van der Waals surface area contributed by atoms with E-state index in [-0.39, 0.29) is 5.60 Å². The molecule has 1 aromatic carbocycles. The SMILES string of the molecule is COC1CCN(CCNC2CC3(CCC3)Oc3ccccc32)CC1. The van der Waals surface area contributed by atoms with Crippen LogP contribution in [0.25, 0.3) is 0 Å². The van der Waals surface area contributed by atoms with Crippen LogP contribution in [-0.2, 0) is 4.74 Å². The quantitative estimate of drug-likeness (QED) is 0.899. The minimum Gasteiger partial charge on any atom is -0.487 e. The summed E-state index contributed by atoms with van der Waals surface area (Å²) in [5.41, 5.74) is 1.45. The third kappa shape index (κ3) is 3.32. The molecule has 3 aliphatic rings. The number of likely N-dealkylation sites (tertiary alicyclic amines) is 1. The Labute approximate surface area is 145 Å². The highest BCUT2D eigenvalue weighted by molar-refractivity contribution is 5.39. The van der Waals surface area contributed by atoms with E-state index < -0.39 is 0 Å². The summed E-state index contributed by atoms with van der Waals surface area (Å²) >= 11 is 0. The number of ether oxygens (including phenoxy) is 2. The number of benzene rings is 1. The van der Waals surface area contributed by atoms with Crippen LogP contribution in [0.3, 0.4) is 0 Å². The standard InChI is InChI=1S/C20H30N2O2/c1-23-16-7-12-22(13-8-16)14-11-21-18-15-20(9-4-10-20)24-19-6-3-2-5-17(18)19/h2-3,5-6,16,18,21H,4,7-15H2,1H3. The fourth-order valence-electron chi connectivity index (χ4n) is 4.44. The summed E-state index contributed by atoms with van der Waals surface area (Å²) in [6.07, 6.45) is 7.65. The van der Waals surface area contributed by atoms with Crippen molar-refractivity contribution in [2.45, 2.75) is 56.3 Å². The number of nitrogens with zero attached hydrogens (tertiary/aromatic N) is 1. The number of piperidine rings is 1. The summed E-state index contributed by atoms with van der Waals surface area (Å²) in [4.78, 5) is 2.56. The molecule has 1 saturated heterocycles. The Morgan fingerprint density at radius 1 is 1.25 bits per heavy atom. The zero-order chi connectivity index (χ0) is 16.4. The molecular weight excluding hydrogens is 300 g/mol. The lowest BCUT2D eigenvalue weighted by molar-refractivity contribution is -0.0371. The van der Waals surface area contributed by atoms with Crippen molar-refractivity contribution < 1.29 is 9.47 Å². The maximum atomic E-state index is 6.34. The van der Waals surface area contributed by atoms with Crippen LogP contribution in [0.15, 0.2) is 24.3 Å². The van der Waals surface area contributed by atoms with Crippen LogP contribution in [0.2, 0.25) is 0 Å². The Morgan fingerprint density at radius 2 is 2.04 bits per heavy atom. The molecule has 4 heteroatoms. The van der Waals surface area contributed by atoms with Gasteiger partial charge in [-0.3, -0.25) is 0 Å². The first-order chi connectivity index (χ1) is 11.8. The van der Waals surface area contributed by atoms with E-state index in [1.807, 2.05) is 7.11 Å². The second kappa shape index (κ2) is 7.03. The highest BCUT2D eigenvalue weighted by Crippen LogP contribution is 2.48. The number of nitrogens with one attached hydrogen (secondary N) is 1. The summed E-state index contributed by atoms with van der Waals surface area (Å²) in [6, 6.07) is 9.02. The van der Waals surface area contributed by atoms with Gasteiger partial charge in [-0.1, -0.05) is 18.2 Å². The zero-order valence-electron chi connectivity index (χ0n) is 14.8. The molecule has 2 aliphatic heterocycles. The molecule has 0 radical (unpaired) electrons. The molecule has 1 aromatic rings. The van der Waals surface area contributed by atoms with Crippen LogP contribution in [0.4, 0.5) is 0 Å². The van der Waals surface area contributed by atoms with Crippen LogP contribution in [0.5, 0.6) is 5.75 Å². The van der Waals surface area contributed by atoms with Crippen molar-refractivity contribution in [1.29, 1.82) is 0 Å². The van der Waals surface area contributed by atoms with Gasteiger partial charge in [0.1, 0.15) is 11.4 Å². The fraction of sp³-hybridized carbons (Fsp3) is 0.700. The van der Waals surface area contributed by atoms with E-state index in [4.69, 9.17) is 9.47 Å². The molecule has 0 aromatic heterocycles. The minimum atomic E-state index is 0.114. The van der Waals surface area contributed by atoms with Crippen molar-refractivity contribution >= 4 is 0 Å². The van der Waals surface area contributed by atoms with Gasteiger partial charge < -0.3 is 19.7 Å². The van der Waals surface area contributed by atoms with E-state index in [9.17, 15) is 0 Å². The maximum absolute atomic E-state index is 6.34. The van der Waals surface area contributed by atoms with E-state index in [0.29, 0.717) is 12.1 Å². The Hall–Kier alpha value is -1.10. The molecule has 2 fully saturated rings. The number of rotatable bonds is 5. The van der Waals surface area contributed by atoms with Crippen LogP contribution >= 0.6 is 0 Å². The van der Waals surface area contributed by atoms with Gasteiger partial charge in [0.25, 0.3) is 0 Å². The van der Waals surface area contributed by atoms with Gasteiger partial charge in [-0.25, -0.2) is 0 Å². The second-order valence-electron chi connectivity index (χ2n) is 7.66. The molecule has 24 heavy (non-hydrogen) atoms. The van der Waals surface area contributed by atoms with Crippen molar-refractivity contribution in [2.24, 2.45) is 0 Å². The van der Waals surface area contributed by atoms with Crippen LogP contribution in [0, 0.1) is 0 Å². The molecule has 0 amide bonds. The first-order valence-electron chi connectivity index (χ1n) is 9.54. The first-order valence-corrected chi connectivity index (χ1v) is 9.54. The van der Waals surface area contributed by atoms with E-state index in [1.165, 1.54) is 37.7 Å². The van der Waals surface area contributed by atoms with Gasteiger partial charge in [0.15, 0.2) is 0 Å². The third-order valence-electron chi connectivity index (χ3n) is 6.15. The van der Waals surface area contributed by atoms with Gasteiger partial charge in [-0.15, -0.1) is 0 Å². The monoisotopic (exact) mass is 330 g/mol. The van der Waals surface area contributed by atoms with E-state index >= 15 is 0 Å². The lowest BCUT2D eigenvalue weighted by Gasteiger charge is -2.48. The average molecular weight is 330 g/mol. The van der Waals surface area contributed by atoms with Gasteiger partial charge in [-0.2, -0.15) is 0 Å². The zero-order valence-corrected chi connectivity index (χ0v) is 14.8. The molecule has 1 saturated carbocycles. The predicted molar refractivity (Wildman–Crippen MR) is 95.5 cm³/mol. The molecule has 1 atom stereocenters. The summed E-state index contributed by atoms with van der Waals surface area (Å²) in [5, 5.41) is 3.82. The second-order valence-corrected chi connectivity index (χ2v) is 7.66. The van der Waals surface area contributed by atoms with Gasteiger partial charge >= 0.3 is 0 Å². The average Bonchev–Trinajstić information content (AvgIpc) is 2.61. The minimum absolute atomic E-state index is 0.114. The highest BCUT2D eigenvalue weighted by Gasteiger charge is 2.45. The fourth-order valence-corrected chi connectivity index (χ4v) is 4.44. The summed E-state index contributed by atoms with van der Waals surface area (Å²) in [5.74, 6) is 1.10. The number of hydrogen-bond acceptors (Lipinski definition) is 4. The summed E-state index contributed by atoms with van der Waals surface area (Å²) in [7, 11) is 1.83. The highest BCUT2D eigenvalue weighted by atomic mass is 16.5. The normalized spacial score (nSPS) is 26.6. The Bertz CT molecular complexity index is 550. The maximum Gasteiger partial charge on any atom is 0.124 e. The number of fused-ring (bicyclic) bond motifs is 1. The van der Waals surface area contributed by atoms with Crippen molar-refractivity contribution in [3.05, 3.63) is 29.8 Å². The molecule has 1 unspecified atom stereocenters. The third-order valence-corrected chi connectivity index (χ3v) is 6.15. The molecular formula is C20H30N2O2. The van der Waals surface area contributed by atoms with E-state index in [1.54, 1.807) is 0 Å². The summed E-state index contributed by atoms with van der Waals surface area (Å²) in [6.45, 7) is 4.50. The summed E-state index contributed by atoms with van der Waals surface area (Å²) < 4.78 is 11.8. The Morgan fingerprint density at radius 3 is 2.75 bits per heavy atom. The van der Waals surface area contributed by atoms with Gasteiger partial charge in [0, 0.05) is 51.3 Å². The van der Waals surface area contributed by atoms with Crippen LogP contribution in [0.1, 0.15) is 50.1 Å². The lowest BCUT2D eigenvalue weighted by Crippen LogP contribution is -2.49. The van der Waals surface area contributed by atoms with Crippen LogP contribution in [-0.4, -0.2) is 49.9 Å². The predicted octanol–water partition coefficient (Wildman–Crippen LogP) is 3.13. The Kier molecular flexibility index (Phi) is 4.79. The van der Waals surface area contributed by atoms with Crippen molar-refractivity contribution in [2.75, 3.05) is 33.3 Å². The first kappa shape index (κ1) is 16.4. The number of hydrogen-bond donors (Lipinski definition) is 1. The molecule has 1 aliphatic carbocycles. The molecule has 4 nitrogen and oxygen atoms in total. The number of methoxy groups -OCH3 is 1. The molecule has 132 valence electrons.